The zero-order valence-corrected chi connectivity index (χ0v) is 18.9. The average Bonchev–Trinajstić information content (AvgIpc) is 3.01. The fourth-order valence-electron chi connectivity index (χ4n) is 2.69. The zero-order valence-electron chi connectivity index (χ0n) is 15.9. The summed E-state index contributed by atoms with van der Waals surface area (Å²) in [4.78, 5) is 17.5. The first-order valence-electron chi connectivity index (χ1n) is 8.92. The predicted octanol–water partition coefficient (Wildman–Crippen LogP) is 5.15. The number of hydrogen-bond donors (Lipinski definition) is 1. The van der Waals surface area contributed by atoms with Crippen molar-refractivity contribution in [2.24, 2.45) is 4.99 Å². The number of hydrogen-bond acceptors (Lipinski definition) is 5. The van der Waals surface area contributed by atoms with Gasteiger partial charge in [0.05, 0.1) is 27.9 Å². The first-order chi connectivity index (χ1) is 13.5. The van der Waals surface area contributed by atoms with Gasteiger partial charge in [0, 0.05) is 0 Å². The number of amides is 1. The standard InChI is InChI=1S/C21H21IN2O3S/c1-4-13-6-8-15(9-7-13)23-21-24-20(25)18(28-21)12-14-10-16(22)19(26-3)17(11-14)27-5-2/h6-12H,4-5H2,1-3H3,(H,23,24,25)/b18-12-. The van der Waals surface area contributed by atoms with Crippen LogP contribution in [0.1, 0.15) is 25.0 Å². The van der Waals surface area contributed by atoms with Crippen molar-refractivity contribution in [2.45, 2.75) is 20.3 Å². The van der Waals surface area contributed by atoms with Crippen molar-refractivity contribution < 1.29 is 14.3 Å². The molecule has 7 heteroatoms. The Balaban J connectivity index is 1.85. The molecule has 0 unspecified atom stereocenters. The number of aliphatic imine (C=N–C) groups is 1. The molecule has 3 rings (SSSR count). The number of carbonyl (C=O) groups is 1. The molecule has 1 aliphatic heterocycles. The van der Waals surface area contributed by atoms with Gasteiger partial charge in [0.1, 0.15) is 0 Å². The maximum absolute atomic E-state index is 12.4. The third kappa shape index (κ3) is 4.88. The van der Waals surface area contributed by atoms with Crippen LogP contribution >= 0.6 is 34.4 Å². The van der Waals surface area contributed by atoms with Crippen LogP contribution in [0.25, 0.3) is 6.08 Å². The molecule has 0 radical (unpaired) electrons. The minimum atomic E-state index is -0.155. The number of benzene rings is 2. The molecule has 1 N–H and O–H groups in total. The van der Waals surface area contributed by atoms with Crippen LogP contribution in [0.4, 0.5) is 5.69 Å². The molecule has 0 spiro atoms. The number of amidine groups is 1. The molecule has 146 valence electrons. The summed E-state index contributed by atoms with van der Waals surface area (Å²) < 4.78 is 12.0. The van der Waals surface area contributed by atoms with Crippen LogP contribution in [-0.4, -0.2) is 24.8 Å². The van der Waals surface area contributed by atoms with Gasteiger partial charge in [-0.1, -0.05) is 19.1 Å². The first kappa shape index (κ1) is 20.7. The first-order valence-corrected chi connectivity index (χ1v) is 10.8. The maximum Gasteiger partial charge on any atom is 0.264 e. The summed E-state index contributed by atoms with van der Waals surface area (Å²) in [6.07, 6.45) is 2.83. The third-order valence-corrected chi connectivity index (χ3v) is 5.77. The summed E-state index contributed by atoms with van der Waals surface area (Å²) >= 11 is 3.53. The molecule has 0 aliphatic carbocycles. The van der Waals surface area contributed by atoms with E-state index in [9.17, 15) is 4.79 Å². The van der Waals surface area contributed by atoms with Crippen molar-refractivity contribution >= 4 is 57.2 Å². The molecular weight excluding hydrogens is 487 g/mol. The van der Waals surface area contributed by atoms with Crippen LogP contribution in [0.5, 0.6) is 11.5 Å². The van der Waals surface area contributed by atoms with E-state index in [1.165, 1.54) is 17.3 Å². The number of aryl methyl sites for hydroxylation is 1. The molecule has 1 saturated heterocycles. The van der Waals surface area contributed by atoms with Gasteiger partial charge in [-0.25, -0.2) is 4.99 Å². The molecule has 1 aliphatic rings. The lowest BCUT2D eigenvalue weighted by Crippen LogP contribution is -2.19. The second kappa shape index (κ2) is 9.47. The van der Waals surface area contributed by atoms with Crippen molar-refractivity contribution in [1.29, 1.82) is 0 Å². The summed E-state index contributed by atoms with van der Waals surface area (Å²) in [6, 6.07) is 11.9. The minimum absolute atomic E-state index is 0.155. The fourth-order valence-corrected chi connectivity index (χ4v) is 4.38. The molecule has 0 aromatic heterocycles. The molecule has 1 heterocycles. The van der Waals surface area contributed by atoms with Gasteiger partial charge in [0.15, 0.2) is 16.7 Å². The molecule has 0 atom stereocenters. The average molecular weight is 508 g/mol. The van der Waals surface area contributed by atoms with Gasteiger partial charge in [-0.05, 0) is 89.2 Å². The van der Waals surface area contributed by atoms with Crippen LogP contribution in [0.2, 0.25) is 0 Å². The van der Waals surface area contributed by atoms with E-state index >= 15 is 0 Å². The molecule has 1 fully saturated rings. The summed E-state index contributed by atoms with van der Waals surface area (Å²) in [7, 11) is 1.62. The number of nitrogens with one attached hydrogen (secondary N) is 1. The van der Waals surface area contributed by atoms with Gasteiger partial charge >= 0.3 is 0 Å². The Labute approximate surface area is 182 Å². The largest absolute Gasteiger partial charge is 0.492 e. The molecule has 0 bridgehead atoms. The number of thioether (sulfide) groups is 1. The van der Waals surface area contributed by atoms with Crippen molar-refractivity contribution in [3.63, 3.8) is 0 Å². The number of carbonyl (C=O) groups excluding carboxylic acids is 1. The van der Waals surface area contributed by atoms with Gasteiger partial charge in [-0.2, -0.15) is 0 Å². The highest BCUT2D eigenvalue weighted by molar-refractivity contribution is 14.1. The Morgan fingerprint density at radius 3 is 2.61 bits per heavy atom. The quantitative estimate of drug-likeness (QED) is 0.433. The predicted molar refractivity (Wildman–Crippen MR) is 124 cm³/mol. The number of ether oxygens (including phenoxy) is 2. The summed E-state index contributed by atoms with van der Waals surface area (Å²) in [5.41, 5.74) is 2.95. The Morgan fingerprint density at radius 2 is 1.96 bits per heavy atom. The van der Waals surface area contributed by atoms with Crippen LogP contribution in [0.3, 0.4) is 0 Å². The lowest BCUT2D eigenvalue weighted by molar-refractivity contribution is -0.115. The molecule has 2 aromatic carbocycles. The van der Waals surface area contributed by atoms with Crippen LogP contribution in [0.15, 0.2) is 46.3 Å². The lowest BCUT2D eigenvalue weighted by atomic mass is 10.2. The zero-order chi connectivity index (χ0) is 20.1. The Morgan fingerprint density at radius 1 is 1.21 bits per heavy atom. The van der Waals surface area contributed by atoms with E-state index in [0.717, 1.165) is 21.2 Å². The maximum atomic E-state index is 12.4. The molecule has 5 nitrogen and oxygen atoms in total. The van der Waals surface area contributed by atoms with Crippen molar-refractivity contribution in [1.82, 2.24) is 5.32 Å². The van der Waals surface area contributed by atoms with Gasteiger partial charge in [0.2, 0.25) is 0 Å². The SMILES string of the molecule is CCOc1cc(/C=C2\SC(=Nc3ccc(CC)cc3)NC2=O)cc(I)c1OC. The monoisotopic (exact) mass is 508 g/mol. The summed E-state index contributed by atoms with van der Waals surface area (Å²) in [5.74, 6) is 1.21. The van der Waals surface area contributed by atoms with Gasteiger partial charge in [0.25, 0.3) is 5.91 Å². The van der Waals surface area contributed by atoms with Crippen molar-refractivity contribution in [2.75, 3.05) is 13.7 Å². The number of halogens is 1. The van der Waals surface area contributed by atoms with Crippen molar-refractivity contribution in [3.05, 3.63) is 56.0 Å². The van der Waals surface area contributed by atoms with Crippen LogP contribution < -0.4 is 14.8 Å². The van der Waals surface area contributed by atoms with Crippen LogP contribution in [0, 0.1) is 3.57 Å². The highest BCUT2D eigenvalue weighted by atomic mass is 127. The second-order valence-corrected chi connectivity index (χ2v) is 8.16. The lowest BCUT2D eigenvalue weighted by Gasteiger charge is -2.12. The van der Waals surface area contributed by atoms with Crippen LogP contribution in [-0.2, 0) is 11.2 Å². The number of methoxy groups -OCH3 is 1. The summed E-state index contributed by atoms with van der Waals surface area (Å²) in [5, 5.41) is 3.40. The van der Waals surface area contributed by atoms with Gasteiger partial charge < -0.3 is 14.8 Å². The molecule has 2 aromatic rings. The smallest absolute Gasteiger partial charge is 0.264 e. The molecule has 28 heavy (non-hydrogen) atoms. The highest BCUT2D eigenvalue weighted by Gasteiger charge is 2.24. The second-order valence-electron chi connectivity index (χ2n) is 5.97. The topological polar surface area (TPSA) is 59.9 Å². The van der Waals surface area contributed by atoms with E-state index in [1.807, 2.05) is 49.4 Å². The molecule has 1 amide bonds. The Kier molecular flexibility index (Phi) is 7.01. The van der Waals surface area contributed by atoms with E-state index in [0.29, 0.717) is 28.2 Å². The third-order valence-electron chi connectivity index (χ3n) is 4.06. The molecule has 0 saturated carbocycles. The fraction of sp³-hybridized carbons (Fsp3) is 0.238. The van der Waals surface area contributed by atoms with E-state index in [2.05, 4.69) is 39.8 Å². The number of nitrogens with zero attached hydrogens (tertiary/aromatic N) is 1. The summed E-state index contributed by atoms with van der Waals surface area (Å²) in [6.45, 7) is 4.57. The van der Waals surface area contributed by atoms with E-state index in [1.54, 1.807) is 7.11 Å². The number of rotatable bonds is 6. The van der Waals surface area contributed by atoms with Gasteiger partial charge in [-0.3, -0.25) is 4.79 Å². The van der Waals surface area contributed by atoms with E-state index in [4.69, 9.17) is 9.47 Å². The highest BCUT2D eigenvalue weighted by Crippen LogP contribution is 2.36. The van der Waals surface area contributed by atoms with Crippen molar-refractivity contribution in [3.8, 4) is 11.5 Å². The molecular formula is C21H21IN2O3S. The van der Waals surface area contributed by atoms with E-state index in [-0.39, 0.29) is 5.91 Å². The Bertz CT molecular complexity index is 939. The van der Waals surface area contributed by atoms with Gasteiger partial charge in [-0.15, -0.1) is 0 Å². The minimum Gasteiger partial charge on any atom is -0.492 e. The normalized spacial score (nSPS) is 16.5. The van der Waals surface area contributed by atoms with E-state index < -0.39 is 0 Å². The Hall–Kier alpha value is -2.00.